The molecule has 27 heavy (non-hydrogen) atoms. The number of benzene rings is 2. The third-order valence-corrected chi connectivity index (χ3v) is 4.42. The highest BCUT2D eigenvalue weighted by molar-refractivity contribution is 9.10. The van der Waals surface area contributed by atoms with Gasteiger partial charge >= 0.3 is 0 Å². The Hall–Kier alpha value is -2.67. The van der Waals surface area contributed by atoms with Crippen LogP contribution in [-0.4, -0.2) is 22.9 Å². The number of aromatic hydroxyl groups is 1. The number of rotatable bonds is 5. The van der Waals surface area contributed by atoms with Crippen molar-refractivity contribution in [3.05, 3.63) is 67.7 Å². The molecular formula is C20H20BrNO5. The summed E-state index contributed by atoms with van der Waals surface area (Å²) >= 11 is 3.47. The highest BCUT2D eigenvalue weighted by atomic mass is 79.9. The van der Waals surface area contributed by atoms with E-state index in [0.717, 1.165) is 28.2 Å². The van der Waals surface area contributed by atoms with Crippen LogP contribution in [0.1, 0.15) is 42.3 Å². The lowest BCUT2D eigenvalue weighted by molar-refractivity contribution is -0.384. The Labute approximate surface area is 165 Å². The normalized spacial score (nSPS) is 11.6. The Morgan fingerprint density at radius 1 is 1.26 bits per heavy atom. The van der Waals surface area contributed by atoms with Crippen LogP contribution in [0.15, 0.2) is 40.9 Å². The van der Waals surface area contributed by atoms with Crippen LogP contribution in [0.3, 0.4) is 0 Å². The van der Waals surface area contributed by atoms with Crippen molar-refractivity contribution in [1.82, 2.24) is 0 Å². The van der Waals surface area contributed by atoms with Crippen molar-refractivity contribution in [2.24, 2.45) is 0 Å². The summed E-state index contributed by atoms with van der Waals surface area (Å²) in [6.07, 6.45) is 2.83. The second-order valence-electron chi connectivity index (χ2n) is 6.98. The fourth-order valence-electron chi connectivity index (χ4n) is 2.61. The molecule has 0 saturated heterocycles. The molecule has 0 heterocycles. The molecule has 2 aromatic carbocycles. The predicted molar refractivity (Wildman–Crippen MR) is 108 cm³/mol. The molecule has 0 aliphatic heterocycles. The summed E-state index contributed by atoms with van der Waals surface area (Å²) < 4.78 is 6.38. The predicted octanol–water partition coefficient (Wildman–Crippen LogP) is 5.27. The number of phenolic OH excluding ortho intramolecular Hbond substituents is 1. The average Bonchev–Trinajstić information content (AvgIpc) is 2.58. The largest absolute Gasteiger partial charge is 0.507 e. The topological polar surface area (TPSA) is 89.7 Å². The van der Waals surface area contributed by atoms with Crippen molar-refractivity contribution in [2.45, 2.75) is 26.2 Å². The van der Waals surface area contributed by atoms with Crippen LogP contribution in [0.25, 0.3) is 6.08 Å². The maximum absolute atomic E-state index is 12.5. The molecule has 0 saturated carbocycles. The van der Waals surface area contributed by atoms with Gasteiger partial charge in [-0.15, -0.1) is 0 Å². The Kier molecular flexibility index (Phi) is 6.05. The zero-order chi connectivity index (χ0) is 20.4. The van der Waals surface area contributed by atoms with Gasteiger partial charge in [-0.2, -0.15) is 0 Å². The maximum atomic E-state index is 12.5. The molecule has 2 rings (SSSR count). The number of carbonyl (C=O) groups is 1. The molecule has 0 aliphatic carbocycles. The van der Waals surface area contributed by atoms with Crippen LogP contribution in [0, 0.1) is 10.1 Å². The number of allylic oxidation sites excluding steroid dienone is 1. The molecule has 0 atom stereocenters. The van der Waals surface area contributed by atoms with Crippen LogP contribution in [-0.2, 0) is 5.41 Å². The van der Waals surface area contributed by atoms with E-state index < -0.39 is 10.7 Å². The van der Waals surface area contributed by atoms with Gasteiger partial charge in [0.25, 0.3) is 5.69 Å². The number of halogens is 1. The highest BCUT2D eigenvalue weighted by Crippen LogP contribution is 2.37. The first-order chi connectivity index (χ1) is 12.5. The van der Waals surface area contributed by atoms with Gasteiger partial charge in [0.15, 0.2) is 5.78 Å². The molecule has 0 unspecified atom stereocenters. The second-order valence-corrected chi connectivity index (χ2v) is 7.90. The van der Waals surface area contributed by atoms with Gasteiger partial charge in [0.1, 0.15) is 11.5 Å². The summed E-state index contributed by atoms with van der Waals surface area (Å²) in [7, 11) is 1.56. The van der Waals surface area contributed by atoms with Crippen molar-refractivity contribution in [3.63, 3.8) is 0 Å². The fourth-order valence-corrected chi connectivity index (χ4v) is 3.09. The molecule has 142 valence electrons. The Bertz CT molecular complexity index is 929. The number of nitro benzene ring substituents is 1. The first-order valence-electron chi connectivity index (χ1n) is 8.12. The van der Waals surface area contributed by atoms with E-state index >= 15 is 0 Å². The molecule has 6 nitrogen and oxygen atoms in total. The van der Waals surface area contributed by atoms with Crippen LogP contribution in [0.4, 0.5) is 5.69 Å². The van der Waals surface area contributed by atoms with E-state index in [1.807, 2.05) is 12.1 Å². The summed E-state index contributed by atoms with van der Waals surface area (Å²) in [5.41, 5.74) is 1.06. The molecule has 7 heteroatoms. The molecular weight excluding hydrogens is 414 g/mol. The highest BCUT2D eigenvalue weighted by Gasteiger charge is 2.22. The van der Waals surface area contributed by atoms with E-state index in [1.54, 1.807) is 13.2 Å². The van der Waals surface area contributed by atoms with E-state index in [-0.39, 0.29) is 22.4 Å². The standard InChI is InChI=1S/C20H20BrNO5/c1-20(2,3)16-10-13(21)9-12(19(16)27-4)5-7-17(23)15-11-14(22(25)26)6-8-18(15)24/h5-11,24H,1-4H3/b7-5+. The van der Waals surface area contributed by atoms with E-state index in [4.69, 9.17) is 4.74 Å². The van der Waals surface area contributed by atoms with E-state index in [0.29, 0.717) is 11.3 Å². The quantitative estimate of drug-likeness (QED) is 0.300. The molecule has 0 aromatic heterocycles. The number of hydrogen-bond acceptors (Lipinski definition) is 5. The number of ether oxygens (including phenoxy) is 1. The molecule has 2 aromatic rings. The molecule has 0 aliphatic rings. The number of phenols is 1. The molecule has 1 N–H and O–H groups in total. The van der Waals surface area contributed by atoms with Crippen LogP contribution in [0.2, 0.25) is 0 Å². The van der Waals surface area contributed by atoms with Crippen LogP contribution < -0.4 is 4.74 Å². The zero-order valence-corrected chi connectivity index (χ0v) is 17.0. The summed E-state index contributed by atoms with van der Waals surface area (Å²) in [4.78, 5) is 22.7. The molecule has 0 amide bonds. The van der Waals surface area contributed by atoms with Crippen molar-refractivity contribution in [1.29, 1.82) is 0 Å². The van der Waals surface area contributed by atoms with Gasteiger partial charge in [0.05, 0.1) is 17.6 Å². The van der Waals surface area contributed by atoms with Gasteiger partial charge in [-0.1, -0.05) is 36.7 Å². The number of methoxy groups -OCH3 is 1. The lowest BCUT2D eigenvalue weighted by Crippen LogP contribution is -2.13. The van der Waals surface area contributed by atoms with E-state index in [2.05, 4.69) is 36.7 Å². The van der Waals surface area contributed by atoms with Crippen molar-refractivity contribution in [3.8, 4) is 11.5 Å². The van der Waals surface area contributed by atoms with Gasteiger partial charge in [-0.25, -0.2) is 0 Å². The molecule has 0 fully saturated rings. The lowest BCUT2D eigenvalue weighted by Gasteiger charge is -2.23. The average molecular weight is 434 g/mol. The maximum Gasteiger partial charge on any atom is 0.270 e. The summed E-state index contributed by atoms with van der Waals surface area (Å²) in [6.45, 7) is 6.16. The first kappa shape index (κ1) is 20.6. The molecule has 0 radical (unpaired) electrons. The van der Waals surface area contributed by atoms with E-state index in [9.17, 15) is 20.0 Å². The minimum atomic E-state index is -0.618. The Morgan fingerprint density at radius 2 is 1.93 bits per heavy atom. The van der Waals surface area contributed by atoms with Gasteiger partial charge in [-0.3, -0.25) is 14.9 Å². The number of nitrogens with zero attached hydrogens (tertiary/aromatic N) is 1. The number of carbonyl (C=O) groups excluding carboxylic acids is 1. The number of non-ortho nitro benzene ring substituents is 1. The van der Waals surface area contributed by atoms with Crippen molar-refractivity contribution in [2.75, 3.05) is 7.11 Å². The zero-order valence-electron chi connectivity index (χ0n) is 15.4. The number of hydrogen-bond donors (Lipinski definition) is 1. The van der Waals surface area contributed by atoms with Crippen molar-refractivity contribution < 1.29 is 19.6 Å². The fraction of sp³-hybridized carbons (Fsp3) is 0.250. The Morgan fingerprint density at radius 3 is 2.48 bits per heavy atom. The van der Waals surface area contributed by atoms with E-state index in [1.165, 1.54) is 6.08 Å². The minimum Gasteiger partial charge on any atom is -0.507 e. The first-order valence-corrected chi connectivity index (χ1v) is 8.91. The summed E-state index contributed by atoms with van der Waals surface area (Å²) in [6, 6.07) is 7.11. The van der Waals surface area contributed by atoms with Gasteiger partial charge in [0, 0.05) is 27.7 Å². The summed E-state index contributed by atoms with van der Waals surface area (Å²) in [5, 5.41) is 20.8. The third-order valence-electron chi connectivity index (χ3n) is 3.97. The third kappa shape index (κ3) is 4.74. The molecule has 0 spiro atoms. The van der Waals surface area contributed by atoms with Crippen molar-refractivity contribution >= 4 is 33.5 Å². The van der Waals surface area contributed by atoms with Crippen LogP contribution in [0.5, 0.6) is 11.5 Å². The molecule has 0 bridgehead atoms. The SMILES string of the molecule is COc1c(/C=C/C(=O)c2cc([N+](=O)[O-])ccc2O)cc(Br)cc1C(C)(C)C. The number of ketones is 1. The van der Waals surface area contributed by atoms with Crippen LogP contribution >= 0.6 is 15.9 Å². The Balaban J connectivity index is 2.47. The smallest absolute Gasteiger partial charge is 0.270 e. The second kappa shape index (κ2) is 7.92. The van der Waals surface area contributed by atoms with Gasteiger partial charge in [-0.05, 0) is 35.8 Å². The monoisotopic (exact) mass is 433 g/mol. The lowest BCUT2D eigenvalue weighted by atomic mass is 9.85. The minimum absolute atomic E-state index is 0.134. The van der Waals surface area contributed by atoms with Gasteiger partial charge in [0.2, 0.25) is 0 Å². The van der Waals surface area contributed by atoms with Gasteiger partial charge < -0.3 is 9.84 Å². The number of nitro groups is 1. The summed E-state index contributed by atoms with van der Waals surface area (Å²) in [5.74, 6) is -0.222.